The van der Waals surface area contributed by atoms with E-state index in [1.165, 1.54) is 11.1 Å². The summed E-state index contributed by atoms with van der Waals surface area (Å²) in [5.41, 5.74) is 10.6. The van der Waals surface area contributed by atoms with Gasteiger partial charge in [-0.1, -0.05) is 17.7 Å². The molecule has 2 rings (SSSR count). The highest BCUT2D eigenvalue weighted by Crippen LogP contribution is 2.31. The van der Waals surface area contributed by atoms with Crippen molar-refractivity contribution in [3.63, 3.8) is 0 Å². The van der Waals surface area contributed by atoms with Crippen molar-refractivity contribution in [3.05, 3.63) is 35.7 Å². The van der Waals surface area contributed by atoms with Gasteiger partial charge in [0.2, 0.25) is 0 Å². The molecule has 0 aliphatic carbocycles. The van der Waals surface area contributed by atoms with Gasteiger partial charge in [-0.15, -0.1) is 0 Å². The van der Waals surface area contributed by atoms with Crippen molar-refractivity contribution in [2.24, 2.45) is 0 Å². The summed E-state index contributed by atoms with van der Waals surface area (Å²) in [5, 5.41) is 0. The van der Waals surface area contributed by atoms with E-state index in [2.05, 4.69) is 57.8 Å². The van der Waals surface area contributed by atoms with Gasteiger partial charge < -0.3 is 10.3 Å². The molecule has 2 N–H and O–H groups in total. The van der Waals surface area contributed by atoms with Gasteiger partial charge in [0.1, 0.15) is 11.5 Å². The van der Waals surface area contributed by atoms with Crippen molar-refractivity contribution < 1.29 is 0 Å². The van der Waals surface area contributed by atoms with Gasteiger partial charge in [-0.3, -0.25) is 0 Å². The monoisotopic (exact) mass is 243 g/mol. The molecule has 0 aliphatic heterocycles. The van der Waals surface area contributed by atoms with Crippen molar-refractivity contribution in [3.8, 4) is 11.3 Å². The number of imidazole rings is 1. The fraction of sp³-hybridized carbons (Fsp3) is 0.400. The summed E-state index contributed by atoms with van der Waals surface area (Å²) in [6, 6.07) is 6.36. The molecule has 0 spiro atoms. The van der Waals surface area contributed by atoms with E-state index >= 15 is 0 Å². The van der Waals surface area contributed by atoms with Crippen LogP contribution in [0.2, 0.25) is 0 Å². The van der Waals surface area contributed by atoms with Gasteiger partial charge in [-0.05, 0) is 46.2 Å². The van der Waals surface area contributed by atoms with Crippen LogP contribution in [0.3, 0.4) is 0 Å². The number of hydrogen-bond acceptors (Lipinski definition) is 2. The van der Waals surface area contributed by atoms with E-state index in [1.54, 1.807) is 0 Å². The van der Waals surface area contributed by atoms with Crippen LogP contribution in [0.4, 0.5) is 5.82 Å². The van der Waals surface area contributed by atoms with Crippen LogP contribution in [0, 0.1) is 13.8 Å². The number of nitrogens with zero attached hydrogens (tertiary/aromatic N) is 2. The van der Waals surface area contributed by atoms with Gasteiger partial charge in [0.05, 0.1) is 6.33 Å². The number of anilines is 1. The maximum Gasteiger partial charge on any atom is 0.132 e. The van der Waals surface area contributed by atoms with Crippen LogP contribution in [-0.4, -0.2) is 9.55 Å². The molecule has 0 fully saturated rings. The Morgan fingerprint density at radius 1 is 1.17 bits per heavy atom. The van der Waals surface area contributed by atoms with Gasteiger partial charge in [0.15, 0.2) is 0 Å². The summed E-state index contributed by atoms with van der Waals surface area (Å²) in [6.07, 6.45) is 1.83. The number of nitrogen functional groups attached to an aromatic ring is 1. The third-order valence-corrected chi connectivity index (χ3v) is 3.18. The van der Waals surface area contributed by atoms with Crippen LogP contribution >= 0.6 is 0 Å². The van der Waals surface area contributed by atoms with Gasteiger partial charge >= 0.3 is 0 Å². The minimum absolute atomic E-state index is 0.0485. The molecule has 0 unspecified atom stereocenters. The summed E-state index contributed by atoms with van der Waals surface area (Å²) in [5.74, 6) is 0.733. The first-order valence-corrected chi connectivity index (χ1v) is 6.21. The molecular formula is C15H21N3. The highest BCUT2D eigenvalue weighted by molar-refractivity contribution is 5.73. The Morgan fingerprint density at radius 3 is 2.39 bits per heavy atom. The second-order valence-electron chi connectivity index (χ2n) is 5.84. The standard InChI is InChI=1S/C15H21N3/c1-10-6-7-11(2)12(8-10)13-14(16)18(9-17-13)15(3,4)5/h6-9H,16H2,1-5H3. The number of benzene rings is 1. The quantitative estimate of drug-likeness (QED) is 0.833. The Kier molecular flexibility index (Phi) is 2.93. The van der Waals surface area contributed by atoms with Crippen LogP contribution in [0.15, 0.2) is 24.5 Å². The average molecular weight is 243 g/mol. The van der Waals surface area contributed by atoms with Crippen molar-refractivity contribution in [1.29, 1.82) is 0 Å². The van der Waals surface area contributed by atoms with Gasteiger partial charge in [0.25, 0.3) is 0 Å². The Labute approximate surface area is 109 Å². The summed E-state index contributed by atoms with van der Waals surface area (Å²) in [4.78, 5) is 4.49. The lowest BCUT2D eigenvalue weighted by atomic mass is 10.0. The molecular weight excluding hydrogens is 222 g/mol. The summed E-state index contributed by atoms with van der Waals surface area (Å²) in [7, 11) is 0. The zero-order valence-corrected chi connectivity index (χ0v) is 11.8. The Balaban J connectivity index is 2.59. The third kappa shape index (κ3) is 2.13. The molecule has 0 bridgehead atoms. The topological polar surface area (TPSA) is 43.8 Å². The van der Waals surface area contributed by atoms with Gasteiger partial charge in [0, 0.05) is 11.1 Å². The van der Waals surface area contributed by atoms with Crippen LogP contribution in [0.5, 0.6) is 0 Å². The lowest BCUT2D eigenvalue weighted by molar-refractivity contribution is 0.402. The van der Waals surface area contributed by atoms with Crippen LogP contribution < -0.4 is 5.73 Å². The second kappa shape index (κ2) is 4.16. The maximum atomic E-state index is 6.24. The molecule has 3 nitrogen and oxygen atoms in total. The maximum absolute atomic E-state index is 6.24. The Hall–Kier alpha value is -1.77. The van der Waals surface area contributed by atoms with Gasteiger partial charge in [-0.25, -0.2) is 4.98 Å². The smallest absolute Gasteiger partial charge is 0.132 e. The number of aryl methyl sites for hydroxylation is 2. The highest BCUT2D eigenvalue weighted by Gasteiger charge is 2.19. The van der Waals surface area contributed by atoms with Crippen LogP contribution in [0.1, 0.15) is 31.9 Å². The number of aromatic nitrogens is 2. The second-order valence-corrected chi connectivity index (χ2v) is 5.84. The highest BCUT2D eigenvalue weighted by atomic mass is 15.2. The number of nitrogens with two attached hydrogens (primary N) is 1. The van der Waals surface area contributed by atoms with Crippen molar-refractivity contribution in [2.75, 3.05) is 5.73 Å². The molecule has 0 atom stereocenters. The number of hydrogen-bond donors (Lipinski definition) is 1. The first-order valence-electron chi connectivity index (χ1n) is 6.21. The van der Waals surface area contributed by atoms with Gasteiger partial charge in [-0.2, -0.15) is 0 Å². The molecule has 1 aromatic heterocycles. The molecule has 0 saturated heterocycles. The number of rotatable bonds is 1. The molecule has 1 aromatic carbocycles. The molecule has 0 radical (unpaired) electrons. The molecule has 96 valence electrons. The largest absolute Gasteiger partial charge is 0.383 e. The fourth-order valence-electron chi connectivity index (χ4n) is 2.09. The summed E-state index contributed by atoms with van der Waals surface area (Å²) < 4.78 is 2.02. The minimum Gasteiger partial charge on any atom is -0.383 e. The van der Waals surface area contributed by atoms with Crippen LogP contribution in [0.25, 0.3) is 11.3 Å². The van der Waals surface area contributed by atoms with E-state index in [0.717, 1.165) is 17.1 Å². The summed E-state index contributed by atoms with van der Waals surface area (Å²) in [6.45, 7) is 10.5. The SMILES string of the molecule is Cc1ccc(C)c(-c2ncn(C(C)(C)C)c2N)c1. The predicted molar refractivity (Wildman–Crippen MR) is 76.5 cm³/mol. The van der Waals surface area contributed by atoms with E-state index in [4.69, 9.17) is 5.73 Å². The lowest BCUT2D eigenvalue weighted by Gasteiger charge is -2.22. The van der Waals surface area contributed by atoms with E-state index in [-0.39, 0.29) is 5.54 Å². The van der Waals surface area contributed by atoms with E-state index in [1.807, 2.05) is 10.9 Å². The lowest BCUT2D eigenvalue weighted by Crippen LogP contribution is -2.22. The fourth-order valence-corrected chi connectivity index (χ4v) is 2.09. The molecule has 1 heterocycles. The third-order valence-electron chi connectivity index (χ3n) is 3.18. The molecule has 0 amide bonds. The van der Waals surface area contributed by atoms with Crippen molar-refractivity contribution in [1.82, 2.24) is 9.55 Å². The normalized spacial score (nSPS) is 11.8. The first kappa shape index (κ1) is 12.7. The molecule has 2 aromatic rings. The Morgan fingerprint density at radius 2 is 1.83 bits per heavy atom. The van der Waals surface area contributed by atoms with Crippen LogP contribution in [-0.2, 0) is 5.54 Å². The minimum atomic E-state index is -0.0485. The zero-order chi connectivity index (χ0) is 13.5. The molecule has 18 heavy (non-hydrogen) atoms. The zero-order valence-electron chi connectivity index (χ0n) is 11.8. The van der Waals surface area contributed by atoms with E-state index in [9.17, 15) is 0 Å². The Bertz CT molecular complexity index is 574. The van der Waals surface area contributed by atoms with E-state index in [0.29, 0.717) is 0 Å². The first-order chi connectivity index (χ1) is 8.30. The average Bonchev–Trinajstić information content (AvgIpc) is 2.63. The summed E-state index contributed by atoms with van der Waals surface area (Å²) >= 11 is 0. The molecule has 0 aliphatic rings. The predicted octanol–water partition coefficient (Wildman–Crippen LogP) is 3.50. The molecule has 3 heteroatoms. The van der Waals surface area contributed by atoms with E-state index < -0.39 is 0 Å². The van der Waals surface area contributed by atoms with Crippen molar-refractivity contribution >= 4 is 5.82 Å². The molecule has 0 saturated carbocycles. The van der Waals surface area contributed by atoms with Crippen molar-refractivity contribution in [2.45, 2.75) is 40.2 Å².